The lowest BCUT2D eigenvalue weighted by Crippen LogP contribution is -2.28. The van der Waals surface area contributed by atoms with E-state index in [9.17, 15) is 14.4 Å². The Morgan fingerprint density at radius 1 is 1.19 bits per heavy atom. The van der Waals surface area contributed by atoms with Crippen molar-refractivity contribution in [2.75, 3.05) is 23.9 Å². The van der Waals surface area contributed by atoms with Crippen molar-refractivity contribution in [3.05, 3.63) is 54.1 Å². The zero-order chi connectivity index (χ0) is 18.7. The van der Waals surface area contributed by atoms with Crippen LogP contribution in [0.4, 0.5) is 11.4 Å². The Bertz CT molecular complexity index is 848. The van der Waals surface area contributed by atoms with E-state index in [0.29, 0.717) is 29.2 Å². The van der Waals surface area contributed by atoms with Crippen LogP contribution in [-0.4, -0.2) is 31.4 Å². The number of nitrogens with two attached hydrogens (primary N) is 1. The predicted molar refractivity (Wildman–Crippen MR) is 97.0 cm³/mol. The highest BCUT2D eigenvalue weighted by molar-refractivity contribution is 6.03. The van der Waals surface area contributed by atoms with Gasteiger partial charge in [-0.05, 0) is 36.4 Å². The molecule has 0 bridgehead atoms. The number of primary amides is 1. The number of ether oxygens (including phenoxy) is 1. The van der Waals surface area contributed by atoms with Crippen molar-refractivity contribution in [3.63, 3.8) is 0 Å². The summed E-state index contributed by atoms with van der Waals surface area (Å²) >= 11 is 0. The van der Waals surface area contributed by atoms with E-state index in [1.807, 2.05) is 6.07 Å². The average Bonchev–Trinajstić information content (AvgIpc) is 3.04. The van der Waals surface area contributed by atoms with E-state index in [0.717, 1.165) is 0 Å². The van der Waals surface area contributed by atoms with Crippen molar-refractivity contribution in [2.24, 2.45) is 11.7 Å². The molecule has 2 aromatic rings. The summed E-state index contributed by atoms with van der Waals surface area (Å²) < 4.78 is 5.18. The van der Waals surface area contributed by atoms with Gasteiger partial charge in [-0.1, -0.05) is 6.07 Å². The molecule has 0 radical (unpaired) electrons. The minimum Gasteiger partial charge on any atom is -0.497 e. The Balaban J connectivity index is 1.67. The van der Waals surface area contributed by atoms with Crippen LogP contribution in [0.25, 0.3) is 0 Å². The van der Waals surface area contributed by atoms with Crippen molar-refractivity contribution in [1.29, 1.82) is 0 Å². The summed E-state index contributed by atoms with van der Waals surface area (Å²) in [6, 6.07) is 13.5. The molecule has 1 heterocycles. The van der Waals surface area contributed by atoms with Gasteiger partial charge in [-0.2, -0.15) is 0 Å². The largest absolute Gasteiger partial charge is 0.497 e. The monoisotopic (exact) mass is 353 g/mol. The number of rotatable bonds is 5. The summed E-state index contributed by atoms with van der Waals surface area (Å²) in [7, 11) is 1.56. The van der Waals surface area contributed by atoms with Crippen LogP contribution >= 0.6 is 0 Å². The van der Waals surface area contributed by atoms with Gasteiger partial charge >= 0.3 is 0 Å². The molecule has 0 saturated carbocycles. The van der Waals surface area contributed by atoms with Crippen molar-refractivity contribution in [1.82, 2.24) is 0 Å². The molecule has 0 spiro atoms. The normalized spacial score (nSPS) is 16.4. The lowest BCUT2D eigenvalue weighted by atomic mass is 10.1. The molecular weight excluding hydrogens is 334 g/mol. The molecule has 1 aliphatic rings. The molecule has 1 aliphatic heterocycles. The number of benzene rings is 2. The Labute approximate surface area is 150 Å². The maximum absolute atomic E-state index is 12.5. The number of hydrogen-bond acceptors (Lipinski definition) is 4. The average molecular weight is 353 g/mol. The summed E-state index contributed by atoms with van der Waals surface area (Å²) in [4.78, 5) is 37.5. The molecule has 7 nitrogen and oxygen atoms in total. The molecule has 7 heteroatoms. The zero-order valence-corrected chi connectivity index (χ0v) is 14.3. The van der Waals surface area contributed by atoms with E-state index < -0.39 is 11.8 Å². The molecule has 3 amide bonds. The molecule has 0 aromatic heterocycles. The minimum atomic E-state index is -0.529. The van der Waals surface area contributed by atoms with Gasteiger partial charge in [0.2, 0.25) is 17.7 Å². The highest BCUT2D eigenvalue weighted by Gasteiger charge is 2.35. The van der Waals surface area contributed by atoms with E-state index in [1.54, 1.807) is 54.5 Å². The van der Waals surface area contributed by atoms with E-state index in [4.69, 9.17) is 10.5 Å². The summed E-state index contributed by atoms with van der Waals surface area (Å²) in [5.74, 6) is -0.682. The summed E-state index contributed by atoms with van der Waals surface area (Å²) in [6.45, 7) is 0.303. The van der Waals surface area contributed by atoms with Crippen molar-refractivity contribution in [2.45, 2.75) is 6.42 Å². The van der Waals surface area contributed by atoms with E-state index in [1.165, 1.54) is 0 Å². The third-order valence-corrected chi connectivity index (χ3v) is 4.30. The number of nitrogens with zero attached hydrogens (tertiary/aromatic N) is 1. The summed E-state index contributed by atoms with van der Waals surface area (Å²) in [6.07, 6.45) is 0.141. The molecule has 2 aromatic carbocycles. The Kier molecular flexibility index (Phi) is 4.88. The number of nitrogens with one attached hydrogen (secondary N) is 1. The van der Waals surface area contributed by atoms with Crippen LogP contribution in [0, 0.1) is 5.92 Å². The van der Waals surface area contributed by atoms with Crippen LogP contribution < -0.4 is 20.7 Å². The fourth-order valence-corrected chi connectivity index (χ4v) is 2.87. The molecule has 3 rings (SSSR count). The second kappa shape index (κ2) is 7.26. The summed E-state index contributed by atoms with van der Waals surface area (Å²) in [5.41, 5.74) is 6.81. The van der Waals surface area contributed by atoms with Crippen molar-refractivity contribution < 1.29 is 19.1 Å². The first kappa shape index (κ1) is 17.5. The SMILES string of the molecule is COc1cccc(N2CC(C(=O)Nc3ccc(C(N)=O)cc3)CC2=O)c1. The van der Waals surface area contributed by atoms with Crippen molar-refractivity contribution in [3.8, 4) is 5.75 Å². The second-order valence-electron chi connectivity index (χ2n) is 6.04. The van der Waals surface area contributed by atoms with Crippen LogP contribution in [-0.2, 0) is 9.59 Å². The Hall–Kier alpha value is -3.35. The number of methoxy groups -OCH3 is 1. The third kappa shape index (κ3) is 3.66. The van der Waals surface area contributed by atoms with E-state index in [2.05, 4.69) is 5.32 Å². The molecule has 1 saturated heterocycles. The molecule has 1 atom stereocenters. The van der Waals surface area contributed by atoms with Gasteiger partial charge in [0.25, 0.3) is 0 Å². The molecular formula is C19H19N3O4. The smallest absolute Gasteiger partial charge is 0.248 e. The molecule has 134 valence electrons. The molecule has 1 unspecified atom stereocenters. The maximum Gasteiger partial charge on any atom is 0.248 e. The number of amides is 3. The van der Waals surface area contributed by atoms with Gasteiger partial charge in [0, 0.05) is 36.0 Å². The minimum absolute atomic E-state index is 0.109. The first-order chi connectivity index (χ1) is 12.5. The van der Waals surface area contributed by atoms with E-state index in [-0.39, 0.29) is 18.2 Å². The number of anilines is 2. The van der Waals surface area contributed by atoms with Crippen LogP contribution in [0.2, 0.25) is 0 Å². The molecule has 1 fully saturated rings. The third-order valence-electron chi connectivity index (χ3n) is 4.30. The highest BCUT2D eigenvalue weighted by Crippen LogP contribution is 2.28. The fourth-order valence-electron chi connectivity index (χ4n) is 2.87. The van der Waals surface area contributed by atoms with Crippen LogP contribution in [0.3, 0.4) is 0 Å². The van der Waals surface area contributed by atoms with Gasteiger partial charge in [-0.15, -0.1) is 0 Å². The maximum atomic E-state index is 12.5. The number of hydrogen-bond donors (Lipinski definition) is 2. The quantitative estimate of drug-likeness (QED) is 0.855. The lowest BCUT2D eigenvalue weighted by Gasteiger charge is -2.17. The van der Waals surface area contributed by atoms with Crippen LogP contribution in [0.15, 0.2) is 48.5 Å². The number of carbonyl (C=O) groups is 3. The fraction of sp³-hybridized carbons (Fsp3) is 0.211. The van der Waals surface area contributed by atoms with Gasteiger partial charge in [-0.25, -0.2) is 0 Å². The topological polar surface area (TPSA) is 102 Å². The lowest BCUT2D eigenvalue weighted by molar-refractivity contribution is -0.122. The van der Waals surface area contributed by atoms with Gasteiger partial charge in [-0.3, -0.25) is 14.4 Å². The number of carbonyl (C=O) groups excluding carboxylic acids is 3. The molecule has 3 N–H and O–H groups in total. The van der Waals surface area contributed by atoms with E-state index >= 15 is 0 Å². The first-order valence-electron chi connectivity index (χ1n) is 8.13. The second-order valence-corrected chi connectivity index (χ2v) is 6.04. The van der Waals surface area contributed by atoms with Gasteiger partial charge in [0.1, 0.15) is 5.75 Å². The standard InChI is InChI=1S/C19H19N3O4/c1-26-16-4-2-3-15(10-16)22-11-13(9-17(22)23)19(25)21-14-7-5-12(6-8-14)18(20)24/h2-8,10,13H,9,11H2,1H3,(H2,20,24)(H,21,25). The molecule has 26 heavy (non-hydrogen) atoms. The Morgan fingerprint density at radius 3 is 2.58 bits per heavy atom. The van der Waals surface area contributed by atoms with Gasteiger partial charge < -0.3 is 20.7 Å². The van der Waals surface area contributed by atoms with Gasteiger partial charge in [0.15, 0.2) is 0 Å². The highest BCUT2D eigenvalue weighted by atomic mass is 16.5. The Morgan fingerprint density at radius 2 is 1.92 bits per heavy atom. The van der Waals surface area contributed by atoms with Gasteiger partial charge in [0.05, 0.1) is 13.0 Å². The van der Waals surface area contributed by atoms with Crippen LogP contribution in [0.5, 0.6) is 5.75 Å². The molecule has 0 aliphatic carbocycles. The first-order valence-corrected chi connectivity index (χ1v) is 8.13. The predicted octanol–water partition coefficient (Wildman–Crippen LogP) is 1.79. The zero-order valence-electron chi connectivity index (χ0n) is 14.3. The summed E-state index contributed by atoms with van der Waals surface area (Å²) in [5, 5.41) is 2.77. The van der Waals surface area contributed by atoms with Crippen molar-refractivity contribution >= 4 is 29.1 Å². The van der Waals surface area contributed by atoms with Crippen LogP contribution in [0.1, 0.15) is 16.8 Å².